The van der Waals surface area contributed by atoms with Gasteiger partial charge in [0.1, 0.15) is 11.4 Å². The number of halogens is 1. The Balaban J connectivity index is 2.57. The number of ether oxygens (including phenoxy) is 1. The quantitative estimate of drug-likeness (QED) is 0.467. The van der Waals surface area contributed by atoms with Crippen LogP contribution in [0.2, 0.25) is 0 Å². The lowest BCUT2D eigenvalue weighted by Crippen LogP contribution is -2.27. The summed E-state index contributed by atoms with van der Waals surface area (Å²) in [5.41, 5.74) is 8.73. The zero-order chi connectivity index (χ0) is 15.6. The fourth-order valence-corrected chi connectivity index (χ4v) is 1.99. The lowest BCUT2D eigenvalue weighted by Gasteiger charge is -2.20. The number of nitrogens with zero attached hydrogens (tertiary/aromatic N) is 4. The van der Waals surface area contributed by atoms with E-state index in [2.05, 4.69) is 10.0 Å². The van der Waals surface area contributed by atoms with Gasteiger partial charge in [0.15, 0.2) is 0 Å². The Kier molecular flexibility index (Phi) is 3.86. The second-order valence-corrected chi connectivity index (χ2v) is 5.54. The minimum absolute atomic E-state index is 0.0218. The predicted molar refractivity (Wildman–Crippen MR) is 76.4 cm³/mol. The Morgan fingerprint density at radius 1 is 1.43 bits per heavy atom. The van der Waals surface area contributed by atoms with Crippen LogP contribution in [0, 0.1) is 5.82 Å². The summed E-state index contributed by atoms with van der Waals surface area (Å²) in [7, 11) is 0. The number of rotatable bonds is 2. The zero-order valence-electron chi connectivity index (χ0n) is 12.0. The van der Waals surface area contributed by atoms with Crippen molar-refractivity contribution < 1.29 is 13.9 Å². The van der Waals surface area contributed by atoms with E-state index < -0.39 is 17.5 Å². The molecule has 0 amide bonds. The van der Waals surface area contributed by atoms with E-state index in [0.29, 0.717) is 16.6 Å². The van der Waals surface area contributed by atoms with Crippen LogP contribution in [0.25, 0.3) is 21.3 Å². The molecule has 0 aliphatic rings. The third-order valence-electron chi connectivity index (χ3n) is 2.71. The maximum absolute atomic E-state index is 13.3. The highest BCUT2D eigenvalue weighted by Gasteiger charge is 2.21. The van der Waals surface area contributed by atoms with Gasteiger partial charge in [0.25, 0.3) is 0 Å². The van der Waals surface area contributed by atoms with Crippen LogP contribution in [0.15, 0.2) is 29.4 Å². The minimum Gasteiger partial charge on any atom is -0.443 e. The van der Waals surface area contributed by atoms with Gasteiger partial charge < -0.3 is 4.74 Å². The van der Waals surface area contributed by atoms with Crippen molar-refractivity contribution in [3.8, 4) is 0 Å². The number of aromatic nitrogens is 1. The average Bonchev–Trinajstić information content (AvgIpc) is 2.71. The van der Waals surface area contributed by atoms with Gasteiger partial charge in [0.05, 0.1) is 12.1 Å². The van der Waals surface area contributed by atoms with Crippen LogP contribution in [0.4, 0.5) is 9.18 Å². The molecule has 2 aromatic rings. The molecule has 110 valence electrons. The van der Waals surface area contributed by atoms with E-state index in [0.717, 1.165) is 0 Å². The molecule has 0 saturated heterocycles. The summed E-state index contributed by atoms with van der Waals surface area (Å²) < 4.78 is 19.9. The molecule has 2 rings (SSSR count). The first kappa shape index (κ1) is 14.9. The van der Waals surface area contributed by atoms with Gasteiger partial charge >= 0.3 is 6.09 Å². The number of fused-ring (bicyclic) bond motifs is 1. The third-order valence-corrected chi connectivity index (χ3v) is 2.71. The molecular formula is C14H15FN4O2. The van der Waals surface area contributed by atoms with Crippen molar-refractivity contribution in [2.24, 2.45) is 5.11 Å². The Hall–Kier alpha value is -2.53. The van der Waals surface area contributed by atoms with Crippen LogP contribution in [0.5, 0.6) is 0 Å². The molecule has 0 N–H and O–H groups in total. The van der Waals surface area contributed by atoms with E-state index >= 15 is 0 Å². The fraction of sp³-hybridized carbons (Fsp3) is 0.357. The van der Waals surface area contributed by atoms with Gasteiger partial charge in [-0.3, -0.25) is 0 Å². The number of carbonyl (C=O) groups excluding carboxylic acids is 1. The first-order valence-corrected chi connectivity index (χ1v) is 6.36. The molecule has 6 nitrogen and oxygen atoms in total. The maximum atomic E-state index is 13.3. The van der Waals surface area contributed by atoms with E-state index in [1.807, 2.05) is 0 Å². The van der Waals surface area contributed by atoms with Crippen molar-refractivity contribution in [2.75, 3.05) is 0 Å². The molecular weight excluding hydrogens is 275 g/mol. The van der Waals surface area contributed by atoms with Crippen molar-refractivity contribution in [2.45, 2.75) is 32.9 Å². The monoisotopic (exact) mass is 290 g/mol. The van der Waals surface area contributed by atoms with Gasteiger partial charge in [0.2, 0.25) is 0 Å². The summed E-state index contributed by atoms with van der Waals surface area (Å²) in [6.07, 6.45) is -0.591. The summed E-state index contributed by atoms with van der Waals surface area (Å²) in [4.78, 5) is 15.0. The van der Waals surface area contributed by atoms with Gasteiger partial charge in [-0.1, -0.05) is 5.11 Å². The summed E-state index contributed by atoms with van der Waals surface area (Å²) >= 11 is 0. The number of hydrogen-bond donors (Lipinski definition) is 0. The van der Waals surface area contributed by atoms with Crippen LogP contribution < -0.4 is 0 Å². The first-order valence-electron chi connectivity index (χ1n) is 6.36. The largest absolute Gasteiger partial charge is 0.443 e. The van der Waals surface area contributed by atoms with E-state index in [1.165, 1.54) is 22.8 Å². The van der Waals surface area contributed by atoms with E-state index in [9.17, 15) is 9.18 Å². The van der Waals surface area contributed by atoms with E-state index in [4.69, 9.17) is 10.3 Å². The molecule has 0 aliphatic carbocycles. The van der Waals surface area contributed by atoms with Gasteiger partial charge in [0, 0.05) is 16.0 Å². The molecule has 1 heterocycles. The smallest absolute Gasteiger partial charge is 0.419 e. The van der Waals surface area contributed by atoms with Gasteiger partial charge in [-0.25, -0.2) is 13.8 Å². The van der Waals surface area contributed by atoms with E-state index in [1.54, 1.807) is 26.8 Å². The normalized spacial score (nSPS) is 11.2. The lowest BCUT2D eigenvalue weighted by molar-refractivity contribution is 0.0540. The Labute approximate surface area is 120 Å². The number of benzene rings is 1. The zero-order valence-corrected chi connectivity index (χ0v) is 12.0. The minimum atomic E-state index is -0.663. The summed E-state index contributed by atoms with van der Waals surface area (Å²) in [5, 5.41) is 4.00. The highest BCUT2D eigenvalue weighted by atomic mass is 19.1. The molecule has 1 aromatic heterocycles. The topological polar surface area (TPSA) is 80.0 Å². The van der Waals surface area contributed by atoms with Gasteiger partial charge in [-0.15, -0.1) is 0 Å². The number of azide groups is 1. The fourth-order valence-electron chi connectivity index (χ4n) is 1.99. The maximum Gasteiger partial charge on any atom is 0.419 e. The second-order valence-electron chi connectivity index (χ2n) is 5.54. The molecule has 0 fully saturated rings. The van der Waals surface area contributed by atoms with Crippen molar-refractivity contribution in [3.63, 3.8) is 0 Å². The third kappa shape index (κ3) is 3.32. The Morgan fingerprint density at radius 3 is 2.76 bits per heavy atom. The van der Waals surface area contributed by atoms with Crippen molar-refractivity contribution in [1.82, 2.24) is 4.57 Å². The second kappa shape index (κ2) is 5.46. The first-order chi connectivity index (χ1) is 9.81. The molecule has 0 bridgehead atoms. The summed E-state index contributed by atoms with van der Waals surface area (Å²) in [6.45, 7) is 5.24. The highest BCUT2D eigenvalue weighted by molar-refractivity contribution is 5.91. The van der Waals surface area contributed by atoms with Crippen LogP contribution in [0.3, 0.4) is 0 Å². The molecule has 0 radical (unpaired) electrons. The van der Waals surface area contributed by atoms with Crippen LogP contribution in [-0.4, -0.2) is 16.3 Å². The summed E-state index contributed by atoms with van der Waals surface area (Å²) in [5.74, 6) is -0.404. The summed E-state index contributed by atoms with van der Waals surface area (Å²) in [6, 6.07) is 5.68. The molecule has 0 spiro atoms. The lowest BCUT2D eigenvalue weighted by atomic mass is 10.2. The molecule has 0 unspecified atom stereocenters. The Morgan fingerprint density at radius 2 is 2.14 bits per heavy atom. The van der Waals surface area contributed by atoms with Crippen LogP contribution in [-0.2, 0) is 11.3 Å². The van der Waals surface area contributed by atoms with E-state index in [-0.39, 0.29) is 6.54 Å². The molecule has 1 aromatic carbocycles. The molecule has 7 heteroatoms. The Bertz CT molecular complexity index is 739. The van der Waals surface area contributed by atoms with Crippen LogP contribution >= 0.6 is 0 Å². The molecule has 0 saturated carbocycles. The van der Waals surface area contributed by atoms with Crippen molar-refractivity contribution in [1.29, 1.82) is 0 Å². The SMILES string of the molecule is CC(C)(C)OC(=O)n1c(CN=[N+]=[N-])cc2cc(F)ccc21. The van der Waals surface area contributed by atoms with Crippen LogP contribution in [0.1, 0.15) is 26.5 Å². The predicted octanol–water partition coefficient (Wildman–Crippen LogP) is 4.37. The molecule has 21 heavy (non-hydrogen) atoms. The van der Waals surface area contributed by atoms with Crippen molar-refractivity contribution in [3.05, 3.63) is 46.2 Å². The van der Waals surface area contributed by atoms with Crippen molar-refractivity contribution >= 4 is 17.0 Å². The number of carbonyl (C=O) groups is 1. The van der Waals surface area contributed by atoms with Gasteiger partial charge in [-0.2, -0.15) is 0 Å². The molecule has 0 atom stereocenters. The number of hydrogen-bond acceptors (Lipinski definition) is 3. The standard InChI is InChI=1S/C14H15FN4O2/c1-14(2,3)21-13(20)19-11(8-17-18-16)7-9-6-10(15)4-5-12(9)19/h4-7H,8H2,1-3H3. The highest BCUT2D eigenvalue weighted by Crippen LogP contribution is 2.23. The van der Waals surface area contributed by atoms with Gasteiger partial charge in [-0.05, 0) is 50.6 Å². The molecule has 0 aliphatic heterocycles. The average molecular weight is 290 g/mol.